The Morgan fingerprint density at radius 3 is 2.20 bits per heavy atom. The number of anilines is 1. The van der Waals surface area contributed by atoms with Gasteiger partial charge in [-0.05, 0) is 74.0 Å². The van der Waals surface area contributed by atoms with Crippen LogP contribution in [0.25, 0.3) is 0 Å². The molecule has 0 spiro atoms. The van der Waals surface area contributed by atoms with Crippen molar-refractivity contribution in [3.63, 3.8) is 0 Å². The first-order valence-corrected chi connectivity index (χ1v) is 11.3. The van der Waals surface area contributed by atoms with Crippen molar-refractivity contribution < 1.29 is 18.0 Å². The van der Waals surface area contributed by atoms with Gasteiger partial charge in [0.25, 0.3) is 0 Å². The van der Waals surface area contributed by atoms with Crippen LogP contribution in [0.2, 0.25) is 0 Å². The highest BCUT2D eigenvalue weighted by Crippen LogP contribution is 2.55. The fraction of sp³-hybridized carbons (Fsp3) is 0.696. The highest BCUT2D eigenvalue weighted by Gasteiger charge is 2.50. The molecule has 4 bridgehead atoms. The quantitative estimate of drug-likeness (QED) is 0.796. The molecule has 0 radical (unpaired) electrons. The zero-order valence-corrected chi connectivity index (χ0v) is 17.2. The first-order chi connectivity index (χ1) is 14.3. The average Bonchev–Trinajstić information content (AvgIpc) is 2.68. The number of nitrogens with one attached hydrogen (secondary N) is 1. The molecule has 1 N–H and O–H groups in total. The van der Waals surface area contributed by atoms with E-state index in [1.807, 2.05) is 0 Å². The maximum absolute atomic E-state index is 12.9. The molecule has 1 aliphatic heterocycles. The molecule has 1 aromatic rings. The minimum atomic E-state index is -4.41. The molecule has 4 saturated carbocycles. The van der Waals surface area contributed by atoms with Gasteiger partial charge >= 0.3 is 6.18 Å². The van der Waals surface area contributed by atoms with E-state index in [0.717, 1.165) is 68.0 Å². The van der Waals surface area contributed by atoms with Crippen molar-refractivity contribution in [2.45, 2.75) is 44.3 Å². The summed E-state index contributed by atoms with van der Waals surface area (Å²) in [5.74, 6) is 3.44. The Kier molecular flexibility index (Phi) is 5.30. The fourth-order valence-corrected chi connectivity index (χ4v) is 6.89. The van der Waals surface area contributed by atoms with E-state index >= 15 is 0 Å². The Balaban J connectivity index is 1.12. The van der Waals surface area contributed by atoms with Crippen LogP contribution in [-0.4, -0.2) is 54.5 Å². The van der Waals surface area contributed by atoms with Crippen LogP contribution in [0, 0.1) is 23.7 Å². The fourth-order valence-electron chi connectivity index (χ4n) is 6.89. The van der Waals surface area contributed by atoms with Crippen LogP contribution in [0.15, 0.2) is 24.3 Å². The molecule has 0 aromatic heterocycles. The Hall–Kier alpha value is -1.60. The lowest BCUT2D eigenvalue weighted by Crippen LogP contribution is -2.60. The van der Waals surface area contributed by atoms with Crippen LogP contribution in [0.3, 0.4) is 0 Å². The number of hydrogen-bond acceptors (Lipinski definition) is 3. The summed E-state index contributed by atoms with van der Waals surface area (Å²) in [6.45, 7) is 3.90. The van der Waals surface area contributed by atoms with Gasteiger partial charge in [0.15, 0.2) is 0 Å². The number of alkyl halides is 3. The number of piperazine rings is 1. The number of amides is 1. The van der Waals surface area contributed by atoms with E-state index in [-0.39, 0.29) is 18.1 Å². The molecule has 4 nitrogen and oxygen atoms in total. The molecule has 5 fully saturated rings. The lowest BCUT2D eigenvalue weighted by molar-refractivity contribution is -0.137. The average molecular weight is 422 g/mol. The van der Waals surface area contributed by atoms with E-state index in [0.29, 0.717) is 0 Å². The number of rotatable bonds is 4. The minimum absolute atomic E-state index is 0.196. The molecule has 7 heteroatoms. The lowest BCUT2D eigenvalue weighted by Gasteiger charge is -2.58. The molecule has 5 aliphatic rings. The third kappa shape index (κ3) is 4.11. The minimum Gasteiger partial charge on any atom is -0.325 e. The van der Waals surface area contributed by atoms with Crippen LogP contribution in [0.5, 0.6) is 0 Å². The second kappa shape index (κ2) is 7.83. The third-order valence-electron chi connectivity index (χ3n) is 7.85. The zero-order valence-electron chi connectivity index (χ0n) is 17.2. The summed E-state index contributed by atoms with van der Waals surface area (Å²) in [6, 6.07) is 5.56. The van der Waals surface area contributed by atoms with E-state index in [1.54, 1.807) is 0 Å². The summed E-state index contributed by atoms with van der Waals surface area (Å²) in [5.41, 5.74) is -0.549. The number of carbonyl (C=O) groups excluding carboxylic acids is 1. The molecule has 164 valence electrons. The molecule has 1 saturated heterocycles. The molecule has 1 aromatic carbocycles. The maximum atomic E-state index is 12.9. The van der Waals surface area contributed by atoms with Crippen molar-refractivity contribution in [3.05, 3.63) is 29.8 Å². The van der Waals surface area contributed by atoms with Crippen LogP contribution < -0.4 is 5.32 Å². The first-order valence-electron chi connectivity index (χ1n) is 11.3. The molecule has 30 heavy (non-hydrogen) atoms. The van der Waals surface area contributed by atoms with Crippen molar-refractivity contribution in [1.29, 1.82) is 0 Å². The Bertz CT molecular complexity index is 760. The summed E-state index contributed by atoms with van der Waals surface area (Å²) in [6.07, 6.45) is 2.71. The normalized spacial score (nSPS) is 34.3. The van der Waals surface area contributed by atoms with Gasteiger partial charge in [-0.1, -0.05) is 6.07 Å². The standard InChI is InChI=1S/C23H30F3N3O/c24-23(25,26)19-2-1-3-20(13-19)27-21(30)14-28-4-6-29(7-5-28)22-17-9-15-8-16(11-17)12-18(22)10-15/h1-3,13,15-18,22H,4-12,14H2,(H,27,30). The number of halogens is 3. The number of benzene rings is 1. The van der Waals surface area contributed by atoms with Gasteiger partial charge in [-0.15, -0.1) is 0 Å². The summed E-state index contributed by atoms with van der Waals surface area (Å²) in [5, 5.41) is 2.62. The predicted octanol–water partition coefficient (Wildman–Crippen LogP) is 4.09. The smallest absolute Gasteiger partial charge is 0.325 e. The van der Waals surface area contributed by atoms with Crippen molar-refractivity contribution in [2.24, 2.45) is 23.7 Å². The van der Waals surface area contributed by atoms with Gasteiger partial charge in [0.2, 0.25) is 5.91 Å². The summed E-state index contributed by atoms with van der Waals surface area (Å²) in [4.78, 5) is 17.2. The topological polar surface area (TPSA) is 35.6 Å². The van der Waals surface area contributed by atoms with Crippen LogP contribution in [0.4, 0.5) is 18.9 Å². The largest absolute Gasteiger partial charge is 0.416 e. The third-order valence-corrected chi connectivity index (χ3v) is 7.85. The molecule has 0 unspecified atom stereocenters. The van der Waals surface area contributed by atoms with Crippen LogP contribution >= 0.6 is 0 Å². The molecule has 0 atom stereocenters. The number of hydrogen-bond donors (Lipinski definition) is 1. The van der Waals surface area contributed by atoms with Crippen LogP contribution in [0.1, 0.15) is 37.7 Å². The van der Waals surface area contributed by atoms with Gasteiger partial charge in [-0.3, -0.25) is 14.6 Å². The molecular formula is C23H30F3N3O. The second-order valence-corrected chi connectivity index (χ2v) is 9.86. The molecular weight excluding hydrogens is 391 g/mol. The Labute approximate surface area is 175 Å². The van der Waals surface area contributed by atoms with Crippen molar-refractivity contribution in [3.8, 4) is 0 Å². The predicted molar refractivity (Wildman–Crippen MR) is 109 cm³/mol. The summed E-state index contributed by atoms with van der Waals surface area (Å²) >= 11 is 0. The maximum Gasteiger partial charge on any atom is 0.416 e. The second-order valence-electron chi connectivity index (χ2n) is 9.86. The molecule has 6 rings (SSSR count). The highest BCUT2D eigenvalue weighted by atomic mass is 19.4. The van der Waals surface area contributed by atoms with Crippen LogP contribution in [-0.2, 0) is 11.0 Å². The van der Waals surface area contributed by atoms with Gasteiger partial charge < -0.3 is 5.32 Å². The molecule has 4 aliphatic carbocycles. The van der Waals surface area contributed by atoms with Gasteiger partial charge in [-0.2, -0.15) is 13.2 Å². The van der Waals surface area contributed by atoms with E-state index in [1.165, 1.54) is 44.2 Å². The van der Waals surface area contributed by atoms with Crippen molar-refractivity contribution in [2.75, 3.05) is 38.0 Å². The lowest BCUT2D eigenvalue weighted by atomic mass is 9.54. The van der Waals surface area contributed by atoms with Crippen molar-refractivity contribution >= 4 is 11.6 Å². The number of nitrogens with zero attached hydrogens (tertiary/aromatic N) is 2. The van der Waals surface area contributed by atoms with E-state index in [4.69, 9.17) is 0 Å². The van der Waals surface area contributed by atoms with Gasteiger partial charge in [0.1, 0.15) is 0 Å². The van der Waals surface area contributed by atoms with E-state index < -0.39 is 11.7 Å². The van der Waals surface area contributed by atoms with E-state index in [9.17, 15) is 18.0 Å². The highest BCUT2D eigenvalue weighted by molar-refractivity contribution is 5.92. The van der Waals surface area contributed by atoms with E-state index in [2.05, 4.69) is 15.1 Å². The Morgan fingerprint density at radius 2 is 1.60 bits per heavy atom. The zero-order chi connectivity index (χ0) is 20.9. The first kappa shape index (κ1) is 20.3. The number of carbonyl (C=O) groups is 1. The van der Waals surface area contributed by atoms with Gasteiger partial charge in [-0.25, -0.2) is 0 Å². The summed E-state index contributed by atoms with van der Waals surface area (Å²) in [7, 11) is 0. The van der Waals surface area contributed by atoms with Gasteiger partial charge in [0, 0.05) is 37.9 Å². The SMILES string of the molecule is O=C(CN1CCN(C2C3CC4CC(C3)CC2C4)CC1)Nc1cccc(C(F)(F)F)c1. The molecule has 1 amide bonds. The van der Waals surface area contributed by atoms with Crippen molar-refractivity contribution in [1.82, 2.24) is 9.80 Å². The Morgan fingerprint density at radius 1 is 0.967 bits per heavy atom. The monoisotopic (exact) mass is 421 g/mol. The molecule has 1 heterocycles. The summed E-state index contributed by atoms with van der Waals surface area (Å²) < 4.78 is 38.6. The van der Waals surface area contributed by atoms with Gasteiger partial charge in [0.05, 0.1) is 12.1 Å².